The Kier molecular flexibility index (Phi) is 8.48. The van der Waals surface area contributed by atoms with Crippen LogP contribution in [0.25, 0.3) is 0 Å². The number of nitriles is 1. The zero-order chi connectivity index (χ0) is 19.6. The minimum absolute atomic E-state index is 0.276. The van der Waals surface area contributed by atoms with Crippen molar-refractivity contribution in [2.45, 2.75) is 12.8 Å². The van der Waals surface area contributed by atoms with Gasteiger partial charge in [-0.1, -0.05) is 30.3 Å². The van der Waals surface area contributed by atoms with Gasteiger partial charge in [0.05, 0.1) is 23.2 Å². The predicted molar refractivity (Wildman–Crippen MR) is 118 cm³/mol. The largest absolute Gasteiger partial charge is 0.496 e. The molecule has 0 unspecified atom stereocenters. The molecule has 0 aliphatic carbocycles. The summed E-state index contributed by atoms with van der Waals surface area (Å²) in [5, 5.41) is 12.0. The van der Waals surface area contributed by atoms with Gasteiger partial charge in [-0.3, -0.25) is 10.1 Å². The molecule has 0 radical (unpaired) electrons. The summed E-state index contributed by atoms with van der Waals surface area (Å²) in [7, 11) is 1.59. The van der Waals surface area contributed by atoms with Gasteiger partial charge in [-0.15, -0.1) is 0 Å². The van der Waals surface area contributed by atoms with Crippen LogP contribution in [0, 0.1) is 14.9 Å². The number of hydrogen-bond acceptors (Lipinski definition) is 4. The maximum absolute atomic E-state index is 12.5. The summed E-state index contributed by atoms with van der Waals surface area (Å²) in [6.45, 7) is 1.10. The Morgan fingerprint density at radius 1 is 1.26 bits per heavy atom. The lowest BCUT2D eigenvalue weighted by Gasteiger charge is -2.24. The van der Waals surface area contributed by atoms with E-state index >= 15 is 0 Å². The first-order chi connectivity index (χ1) is 13.0. The molecule has 140 valence electrons. The Morgan fingerprint density at radius 3 is 2.63 bits per heavy atom. The lowest BCUT2D eigenvalue weighted by Crippen LogP contribution is -2.44. The summed E-state index contributed by atoms with van der Waals surface area (Å²) < 4.78 is 6.06. The maximum atomic E-state index is 12.5. The van der Waals surface area contributed by atoms with Crippen LogP contribution in [-0.4, -0.2) is 36.1 Å². The van der Waals surface area contributed by atoms with E-state index in [9.17, 15) is 4.79 Å². The van der Waals surface area contributed by atoms with Gasteiger partial charge in [0.2, 0.25) is 0 Å². The fourth-order valence-corrected chi connectivity index (χ4v) is 3.48. The Labute approximate surface area is 178 Å². The van der Waals surface area contributed by atoms with Gasteiger partial charge in [0.25, 0.3) is 5.91 Å². The van der Waals surface area contributed by atoms with Crippen LogP contribution in [0.4, 0.5) is 0 Å². The van der Waals surface area contributed by atoms with E-state index in [2.05, 4.69) is 34.0 Å². The highest BCUT2D eigenvalue weighted by atomic mass is 127. The van der Waals surface area contributed by atoms with Crippen LogP contribution in [-0.2, 0) is 6.42 Å². The smallest absolute Gasteiger partial charge is 0.257 e. The number of rotatable bonds is 7. The lowest BCUT2D eigenvalue weighted by atomic mass is 10.1. The molecule has 1 amide bonds. The normalized spacial score (nSPS) is 9.96. The molecule has 0 bridgehead atoms. The van der Waals surface area contributed by atoms with Crippen LogP contribution in [0.15, 0.2) is 48.5 Å². The molecule has 2 aromatic rings. The van der Waals surface area contributed by atoms with Gasteiger partial charge in [0.1, 0.15) is 5.75 Å². The number of amides is 1. The Morgan fingerprint density at radius 2 is 2.00 bits per heavy atom. The molecule has 7 heteroatoms. The molecule has 5 nitrogen and oxygen atoms in total. The van der Waals surface area contributed by atoms with Crippen LogP contribution in [0.5, 0.6) is 5.75 Å². The standard InChI is InChI=1S/C20H20IN3O2S/c1-26-18-9-8-16(14-17(18)21)19(25)23-20(27)24(12-5-11-22)13-10-15-6-3-2-4-7-15/h2-4,6-9,14H,5,10,12-13H2,1H3,(H,23,25,27). The number of halogens is 1. The second kappa shape index (κ2) is 10.8. The summed E-state index contributed by atoms with van der Waals surface area (Å²) in [4.78, 5) is 14.4. The van der Waals surface area contributed by atoms with Gasteiger partial charge in [-0.25, -0.2) is 0 Å². The van der Waals surface area contributed by atoms with Gasteiger partial charge in [-0.05, 0) is 65.0 Å². The van der Waals surface area contributed by atoms with Crippen LogP contribution in [0.3, 0.4) is 0 Å². The third-order valence-electron chi connectivity index (χ3n) is 3.93. The SMILES string of the molecule is COc1ccc(C(=O)NC(=S)N(CCC#N)CCc2ccccc2)cc1I. The number of nitrogens with one attached hydrogen (secondary N) is 1. The highest BCUT2D eigenvalue weighted by molar-refractivity contribution is 14.1. The van der Waals surface area contributed by atoms with Crippen molar-refractivity contribution in [1.29, 1.82) is 5.26 Å². The molecule has 2 aromatic carbocycles. The van der Waals surface area contributed by atoms with Crippen LogP contribution < -0.4 is 10.1 Å². The number of methoxy groups -OCH3 is 1. The van der Waals surface area contributed by atoms with Gasteiger partial charge < -0.3 is 9.64 Å². The average Bonchev–Trinajstić information content (AvgIpc) is 2.68. The van der Waals surface area contributed by atoms with Crippen molar-refractivity contribution in [3.63, 3.8) is 0 Å². The third-order valence-corrected chi connectivity index (χ3v) is 5.13. The summed E-state index contributed by atoms with van der Waals surface area (Å²) in [6.07, 6.45) is 1.12. The number of thiocarbonyl (C=S) groups is 1. The minimum atomic E-state index is -0.276. The third kappa shape index (κ3) is 6.48. The van der Waals surface area contributed by atoms with Crippen molar-refractivity contribution in [3.8, 4) is 11.8 Å². The molecule has 0 heterocycles. The molecule has 0 saturated heterocycles. The van der Waals surface area contributed by atoms with E-state index < -0.39 is 0 Å². The molecule has 0 atom stereocenters. The first-order valence-corrected chi connectivity index (χ1v) is 9.88. The van der Waals surface area contributed by atoms with E-state index in [0.717, 1.165) is 9.99 Å². The van der Waals surface area contributed by atoms with Crippen molar-refractivity contribution < 1.29 is 9.53 Å². The zero-order valence-corrected chi connectivity index (χ0v) is 17.9. The molecule has 0 spiro atoms. The summed E-state index contributed by atoms with van der Waals surface area (Å²) in [5.41, 5.74) is 1.68. The molecule has 0 aliphatic heterocycles. The molecule has 0 fully saturated rings. The fourth-order valence-electron chi connectivity index (χ4n) is 2.46. The van der Waals surface area contributed by atoms with Gasteiger partial charge in [-0.2, -0.15) is 5.26 Å². The molecule has 2 rings (SSSR count). The molecule has 0 aliphatic rings. The van der Waals surface area contributed by atoms with Crippen molar-refractivity contribution in [2.24, 2.45) is 0 Å². The zero-order valence-electron chi connectivity index (χ0n) is 14.9. The van der Waals surface area contributed by atoms with Crippen LogP contribution in [0.2, 0.25) is 0 Å². The maximum Gasteiger partial charge on any atom is 0.257 e. The van der Waals surface area contributed by atoms with E-state index in [1.165, 1.54) is 5.56 Å². The number of carbonyl (C=O) groups excluding carboxylic acids is 1. The molecule has 0 aromatic heterocycles. The highest BCUT2D eigenvalue weighted by Gasteiger charge is 2.15. The molecular formula is C20H20IN3O2S. The van der Waals surface area contributed by atoms with Crippen LogP contribution >= 0.6 is 34.8 Å². The van der Waals surface area contributed by atoms with Gasteiger partial charge >= 0.3 is 0 Å². The first kappa shape index (κ1) is 21.1. The predicted octanol–water partition coefficient (Wildman–Crippen LogP) is 3.77. The molecular weight excluding hydrogens is 473 g/mol. The van der Waals surface area contributed by atoms with E-state index in [1.54, 1.807) is 25.3 Å². The number of benzene rings is 2. The van der Waals surface area contributed by atoms with E-state index in [0.29, 0.717) is 35.9 Å². The molecule has 1 N–H and O–H groups in total. The van der Waals surface area contributed by atoms with Gasteiger partial charge in [0, 0.05) is 18.7 Å². The van der Waals surface area contributed by atoms with Gasteiger partial charge in [0.15, 0.2) is 5.11 Å². The lowest BCUT2D eigenvalue weighted by molar-refractivity contribution is 0.0973. The summed E-state index contributed by atoms with van der Waals surface area (Å²) in [6, 6.07) is 17.4. The summed E-state index contributed by atoms with van der Waals surface area (Å²) >= 11 is 7.54. The Balaban J connectivity index is 2.02. The van der Waals surface area contributed by atoms with Crippen molar-refractivity contribution in [2.75, 3.05) is 20.2 Å². The number of nitrogens with zero attached hydrogens (tertiary/aromatic N) is 2. The Bertz CT molecular complexity index is 837. The summed E-state index contributed by atoms with van der Waals surface area (Å²) in [5.74, 6) is 0.440. The van der Waals surface area contributed by atoms with Crippen molar-refractivity contribution in [1.82, 2.24) is 10.2 Å². The quantitative estimate of drug-likeness (QED) is 0.470. The van der Waals surface area contributed by atoms with E-state index in [1.807, 2.05) is 35.2 Å². The van der Waals surface area contributed by atoms with Crippen molar-refractivity contribution in [3.05, 3.63) is 63.2 Å². The monoisotopic (exact) mass is 493 g/mol. The number of hydrogen-bond donors (Lipinski definition) is 1. The Hall–Kier alpha value is -2.18. The second-order valence-corrected chi connectivity index (χ2v) is 7.29. The molecule has 0 saturated carbocycles. The van der Waals surface area contributed by atoms with E-state index in [4.69, 9.17) is 22.2 Å². The topological polar surface area (TPSA) is 65.4 Å². The minimum Gasteiger partial charge on any atom is -0.496 e. The molecule has 27 heavy (non-hydrogen) atoms. The first-order valence-electron chi connectivity index (χ1n) is 8.40. The second-order valence-electron chi connectivity index (χ2n) is 5.74. The number of ether oxygens (including phenoxy) is 1. The van der Waals surface area contributed by atoms with E-state index in [-0.39, 0.29) is 5.91 Å². The van der Waals surface area contributed by atoms with Crippen molar-refractivity contribution >= 4 is 45.8 Å². The highest BCUT2D eigenvalue weighted by Crippen LogP contribution is 2.21. The average molecular weight is 493 g/mol. The van der Waals surface area contributed by atoms with Crippen LogP contribution in [0.1, 0.15) is 22.3 Å². The number of carbonyl (C=O) groups is 1. The fraction of sp³-hybridized carbons (Fsp3) is 0.250.